The third kappa shape index (κ3) is 5.03. The largest absolute Gasteiger partial charge is 0.278 e. The lowest BCUT2D eigenvalue weighted by Gasteiger charge is -2.13. The summed E-state index contributed by atoms with van der Waals surface area (Å²) in [7, 11) is 0. The van der Waals surface area contributed by atoms with Gasteiger partial charge in [0.25, 0.3) is 0 Å². The highest BCUT2D eigenvalue weighted by atomic mass is 32.1. The summed E-state index contributed by atoms with van der Waals surface area (Å²) in [5.41, 5.74) is 12.3. The topological polar surface area (TPSA) is 30.7 Å². The molecule has 0 saturated heterocycles. The first-order valence-corrected chi connectivity index (χ1v) is 19.1. The molecule has 4 heteroatoms. The van der Waals surface area contributed by atoms with Crippen molar-refractivity contribution >= 4 is 64.2 Å². The molecule has 3 nitrogen and oxygen atoms in total. The Labute approximate surface area is 316 Å². The Bertz CT molecular complexity index is 3210. The van der Waals surface area contributed by atoms with Crippen LogP contribution in [0.5, 0.6) is 0 Å². The predicted octanol–water partition coefficient (Wildman–Crippen LogP) is 13.8. The van der Waals surface area contributed by atoms with Gasteiger partial charge < -0.3 is 0 Å². The second-order valence-electron chi connectivity index (χ2n) is 13.8. The maximum absolute atomic E-state index is 5.37. The molecule has 0 fully saturated rings. The SMILES string of the molecule is c1ccc(-c2cccc(-c3nc(-n4c5ccccc5c5cc(-c6ccc7sc8ccc(-c9ccccc9)cc8c7c6)ccc54)nc4ccccc34)c2)cc1. The number of fused-ring (bicyclic) bond motifs is 7. The molecular formula is C50H31N3S. The van der Waals surface area contributed by atoms with Crippen LogP contribution >= 0.6 is 11.3 Å². The molecule has 0 aliphatic carbocycles. The lowest BCUT2D eigenvalue weighted by Crippen LogP contribution is -2.03. The van der Waals surface area contributed by atoms with Crippen LogP contribution in [0.4, 0.5) is 0 Å². The minimum Gasteiger partial charge on any atom is -0.278 e. The average molecular weight is 706 g/mol. The second kappa shape index (κ2) is 12.4. The van der Waals surface area contributed by atoms with Crippen molar-refractivity contribution in [2.24, 2.45) is 0 Å². The number of para-hydroxylation sites is 2. The molecule has 0 saturated carbocycles. The molecule has 252 valence electrons. The number of aromatic nitrogens is 3. The van der Waals surface area contributed by atoms with Crippen LogP contribution in [0.15, 0.2) is 188 Å². The van der Waals surface area contributed by atoms with Crippen LogP contribution in [0.1, 0.15) is 0 Å². The van der Waals surface area contributed by atoms with Crippen molar-refractivity contribution in [2.75, 3.05) is 0 Å². The molecule has 0 radical (unpaired) electrons. The van der Waals surface area contributed by atoms with Gasteiger partial charge in [0.1, 0.15) is 0 Å². The molecule has 54 heavy (non-hydrogen) atoms. The average Bonchev–Trinajstić information content (AvgIpc) is 3.78. The summed E-state index contributed by atoms with van der Waals surface area (Å²) in [6.07, 6.45) is 0. The van der Waals surface area contributed by atoms with E-state index in [4.69, 9.17) is 9.97 Å². The van der Waals surface area contributed by atoms with E-state index in [-0.39, 0.29) is 0 Å². The Kier molecular flexibility index (Phi) is 7.04. The lowest BCUT2D eigenvalue weighted by atomic mass is 9.99. The smallest absolute Gasteiger partial charge is 0.235 e. The summed E-state index contributed by atoms with van der Waals surface area (Å²) >= 11 is 1.86. The lowest BCUT2D eigenvalue weighted by molar-refractivity contribution is 1.01. The van der Waals surface area contributed by atoms with Crippen molar-refractivity contribution in [3.63, 3.8) is 0 Å². The van der Waals surface area contributed by atoms with Crippen molar-refractivity contribution in [2.45, 2.75) is 0 Å². The minimum absolute atomic E-state index is 0.660. The zero-order chi connectivity index (χ0) is 35.6. The summed E-state index contributed by atoms with van der Waals surface area (Å²) in [6.45, 7) is 0. The van der Waals surface area contributed by atoms with E-state index in [9.17, 15) is 0 Å². The second-order valence-corrected chi connectivity index (χ2v) is 14.9. The van der Waals surface area contributed by atoms with Crippen LogP contribution in [0.25, 0.3) is 103 Å². The predicted molar refractivity (Wildman–Crippen MR) is 229 cm³/mol. The van der Waals surface area contributed by atoms with Crippen molar-refractivity contribution in [1.82, 2.24) is 14.5 Å². The van der Waals surface area contributed by atoms with Crippen LogP contribution < -0.4 is 0 Å². The van der Waals surface area contributed by atoms with E-state index in [1.165, 1.54) is 58.8 Å². The molecule has 0 unspecified atom stereocenters. The quantitative estimate of drug-likeness (QED) is 0.178. The Morgan fingerprint density at radius 2 is 0.852 bits per heavy atom. The monoisotopic (exact) mass is 705 g/mol. The van der Waals surface area contributed by atoms with E-state index >= 15 is 0 Å². The molecule has 8 aromatic carbocycles. The number of benzene rings is 8. The molecule has 11 aromatic rings. The van der Waals surface area contributed by atoms with Crippen LogP contribution in [-0.2, 0) is 0 Å². The maximum atomic E-state index is 5.37. The van der Waals surface area contributed by atoms with Gasteiger partial charge in [-0.1, -0.05) is 133 Å². The van der Waals surface area contributed by atoms with Crippen molar-refractivity contribution in [1.29, 1.82) is 0 Å². The van der Waals surface area contributed by atoms with E-state index in [2.05, 4.69) is 193 Å². The molecule has 0 amide bonds. The zero-order valence-electron chi connectivity index (χ0n) is 29.1. The van der Waals surface area contributed by atoms with Crippen LogP contribution in [-0.4, -0.2) is 14.5 Å². The molecule has 0 aliphatic heterocycles. The summed E-state index contributed by atoms with van der Waals surface area (Å²) in [6, 6.07) is 67.3. The van der Waals surface area contributed by atoms with Gasteiger partial charge in [-0.05, 0) is 88.0 Å². The molecule has 11 rings (SSSR count). The van der Waals surface area contributed by atoms with Gasteiger partial charge in [-0.15, -0.1) is 11.3 Å². The van der Waals surface area contributed by atoms with E-state index in [0.29, 0.717) is 5.95 Å². The van der Waals surface area contributed by atoms with Gasteiger partial charge in [-0.25, -0.2) is 9.97 Å². The Balaban J connectivity index is 1.07. The van der Waals surface area contributed by atoms with Crippen LogP contribution in [0.3, 0.4) is 0 Å². The van der Waals surface area contributed by atoms with Gasteiger partial charge in [-0.3, -0.25) is 4.57 Å². The van der Waals surface area contributed by atoms with Crippen molar-refractivity contribution in [3.05, 3.63) is 188 Å². The van der Waals surface area contributed by atoms with Crippen molar-refractivity contribution in [3.8, 4) is 50.6 Å². The third-order valence-electron chi connectivity index (χ3n) is 10.6. The molecule has 0 bridgehead atoms. The van der Waals surface area contributed by atoms with Gasteiger partial charge in [0.2, 0.25) is 5.95 Å². The molecule has 3 heterocycles. The Hall–Kier alpha value is -6.88. The summed E-state index contributed by atoms with van der Waals surface area (Å²) in [4.78, 5) is 10.6. The number of hydrogen-bond donors (Lipinski definition) is 0. The summed E-state index contributed by atoms with van der Waals surface area (Å²) < 4.78 is 4.84. The van der Waals surface area contributed by atoms with E-state index in [1.54, 1.807) is 0 Å². The van der Waals surface area contributed by atoms with Gasteiger partial charge in [0.05, 0.1) is 22.2 Å². The molecule has 0 aliphatic rings. The van der Waals surface area contributed by atoms with Gasteiger partial charge >= 0.3 is 0 Å². The molecule has 3 aromatic heterocycles. The van der Waals surface area contributed by atoms with Crippen LogP contribution in [0.2, 0.25) is 0 Å². The minimum atomic E-state index is 0.660. The number of thiophene rings is 1. The normalized spacial score (nSPS) is 11.7. The van der Waals surface area contributed by atoms with Crippen molar-refractivity contribution < 1.29 is 0 Å². The van der Waals surface area contributed by atoms with Gasteiger partial charge in [-0.2, -0.15) is 0 Å². The maximum Gasteiger partial charge on any atom is 0.235 e. The number of hydrogen-bond acceptors (Lipinski definition) is 3. The highest BCUT2D eigenvalue weighted by molar-refractivity contribution is 7.25. The molecular weight excluding hydrogens is 675 g/mol. The first kappa shape index (κ1) is 30.7. The third-order valence-corrected chi connectivity index (χ3v) is 11.8. The van der Waals surface area contributed by atoms with Crippen LogP contribution in [0, 0.1) is 0 Å². The van der Waals surface area contributed by atoms with Gasteiger partial charge in [0.15, 0.2) is 0 Å². The standard InChI is InChI=1S/C50H31N3S/c1-3-12-32(13-4-1)34-16-11-17-38(28-34)49-40-19-7-9-20-44(40)51-50(52-49)53-45-21-10-8-18-39(45)41-29-36(22-25-46(41)53)37-24-27-48-43(31-37)42-30-35(23-26-47(42)54-48)33-14-5-2-6-15-33/h1-31H. The molecule has 0 atom stereocenters. The zero-order valence-corrected chi connectivity index (χ0v) is 30.0. The number of rotatable bonds is 5. The van der Waals surface area contributed by atoms with Gasteiger partial charge in [0, 0.05) is 41.9 Å². The Morgan fingerprint density at radius 3 is 1.57 bits per heavy atom. The molecule has 0 spiro atoms. The van der Waals surface area contributed by atoms with E-state index in [0.717, 1.165) is 38.8 Å². The fourth-order valence-electron chi connectivity index (χ4n) is 8.00. The van der Waals surface area contributed by atoms with E-state index in [1.807, 2.05) is 11.3 Å². The fourth-order valence-corrected chi connectivity index (χ4v) is 9.06. The first-order chi connectivity index (χ1) is 26.7. The summed E-state index contributed by atoms with van der Waals surface area (Å²) in [5.74, 6) is 0.660. The number of nitrogens with zero attached hydrogens (tertiary/aromatic N) is 3. The highest BCUT2D eigenvalue weighted by Gasteiger charge is 2.18. The summed E-state index contributed by atoms with van der Waals surface area (Å²) in [5, 5.41) is 5.97. The van der Waals surface area contributed by atoms with E-state index < -0.39 is 0 Å². The molecule has 0 N–H and O–H groups in total. The fraction of sp³-hybridized carbons (Fsp3) is 0. The first-order valence-electron chi connectivity index (χ1n) is 18.2. The Morgan fingerprint density at radius 1 is 0.333 bits per heavy atom. The highest BCUT2D eigenvalue weighted by Crippen LogP contribution is 2.40.